The fourth-order valence-corrected chi connectivity index (χ4v) is 6.15. The van der Waals surface area contributed by atoms with Crippen molar-refractivity contribution in [2.24, 2.45) is 0 Å². The number of fused-ring (bicyclic) bond motifs is 2. The van der Waals surface area contributed by atoms with Crippen molar-refractivity contribution in [1.29, 1.82) is 0 Å². The molecule has 1 saturated carbocycles. The van der Waals surface area contributed by atoms with Crippen molar-refractivity contribution in [1.82, 2.24) is 0 Å². The van der Waals surface area contributed by atoms with E-state index >= 15 is 0 Å². The van der Waals surface area contributed by atoms with E-state index in [0.717, 1.165) is 35.1 Å². The minimum atomic E-state index is -0.635. The highest BCUT2D eigenvalue weighted by Gasteiger charge is 2.67. The Hall–Kier alpha value is -3.71. The Morgan fingerprint density at radius 1 is 0.438 bits per heavy atom. The molecule has 0 saturated heterocycles. The highest BCUT2D eigenvalue weighted by molar-refractivity contribution is 6.29. The molecule has 4 aromatic carbocycles. The molecular weight excluding hydrogens is 388 g/mol. The van der Waals surface area contributed by atoms with Crippen molar-refractivity contribution in [3.63, 3.8) is 0 Å². The second-order valence-corrected chi connectivity index (χ2v) is 8.85. The number of rotatable bonds is 4. The van der Waals surface area contributed by atoms with Crippen LogP contribution in [0.15, 0.2) is 121 Å². The van der Waals surface area contributed by atoms with Gasteiger partial charge < -0.3 is 0 Å². The van der Waals surface area contributed by atoms with E-state index in [2.05, 4.69) is 97.1 Å². The van der Waals surface area contributed by atoms with E-state index in [1.165, 1.54) is 11.1 Å². The van der Waals surface area contributed by atoms with Gasteiger partial charge in [-0.15, -0.1) is 0 Å². The molecule has 0 N–H and O–H groups in total. The summed E-state index contributed by atoms with van der Waals surface area (Å²) in [7, 11) is 0. The molecule has 0 aromatic heterocycles. The van der Waals surface area contributed by atoms with Gasteiger partial charge in [0.2, 0.25) is 0 Å². The normalized spacial score (nSPS) is 24.2. The van der Waals surface area contributed by atoms with Gasteiger partial charge in [0.15, 0.2) is 5.78 Å². The zero-order chi connectivity index (χ0) is 21.6. The van der Waals surface area contributed by atoms with Crippen molar-refractivity contribution in [2.45, 2.75) is 23.7 Å². The van der Waals surface area contributed by atoms with Gasteiger partial charge in [-0.1, -0.05) is 121 Å². The van der Waals surface area contributed by atoms with Crippen LogP contribution in [-0.2, 0) is 15.6 Å². The van der Waals surface area contributed by atoms with Gasteiger partial charge in [0.25, 0.3) is 0 Å². The van der Waals surface area contributed by atoms with Crippen LogP contribution in [-0.4, -0.2) is 5.78 Å². The van der Waals surface area contributed by atoms with E-state index in [9.17, 15) is 4.79 Å². The Balaban J connectivity index is 1.77. The Bertz CT molecular complexity index is 1200. The van der Waals surface area contributed by atoms with E-state index < -0.39 is 10.8 Å². The Morgan fingerprint density at radius 2 is 0.750 bits per heavy atom. The van der Waals surface area contributed by atoms with Gasteiger partial charge in [0.05, 0.1) is 10.8 Å². The van der Waals surface area contributed by atoms with Crippen LogP contribution in [0.25, 0.3) is 11.1 Å². The lowest BCUT2D eigenvalue weighted by Crippen LogP contribution is -2.35. The molecule has 1 fully saturated rings. The summed E-state index contributed by atoms with van der Waals surface area (Å²) in [4.78, 5) is 14.7. The van der Waals surface area contributed by atoms with E-state index in [1.54, 1.807) is 0 Å². The van der Waals surface area contributed by atoms with Gasteiger partial charge in [-0.05, 0) is 46.2 Å². The standard InChI is InChI=1S/C31H24O/c32-29-30(25-17-9-3-10-18-25)21-22-31(29,26-19-11-4-12-20-26)28(24-15-7-2-8-16-24)27(30)23-13-5-1-6-14-23/h1-20H,21-22H2/t30-,31-/m1/s1. The molecule has 0 spiro atoms. The second-order valence-electron chi connectivity index (χ2n) is 8.85. The molecule has 6 rings (SSSR count). The second kappa shape index (κ2) is 7.17. The van der Waals surface area contributed by atoms with Gasteiger partial charge >= 0.3 is 0 Å². The first-order valence-electron chi connectivity index (χ1n) is 11.3. The molecule has 2 aliphatic rings. The van der Waals surface area contributed by atoms with E-state index in [1.807, 2.05) is 24.3 Å². The molecule has 0 heterocycles. The first kappa shape index (κ1) is 19.0. The topological polar surface area (TPSA) is 17.1 Å². The van der Waals surface area contributed by atoms with Crippen molar-refractivity contribution < 1.29 is 4.79 Å². The molecule has 1 nitrogen and oxygen atoms in total. The van der Waals surface area contributed by atoms with Crippen LogP contribution in [0.4, 0.5) is 0 Å². The number of hydrogen-bond donors (Lipinski definition) is 0. The van der Waals surface area contributed by atoms with Crippen LogP contribution in [0.1, 0.15) is 35.1 Å². The highest BCUT2D eigenvalue weighted by atomic mass is 16.1. The SMILES string of the molecule is O=C1[C@@]2(c3ccccc3)CC[C@@]1(c1ccccc1)C(c1ccccc1)=C2c1ccccc1. The molecule has 154 valence electrons. The summed E-state index contributed by atoms with van der Waals surface area (Å²) >= 11 is 0. The molecule has 2 bridgehead atoms. The Labute approximate surface area is 189 Å². The molecule has 0 amide bonds. The summed E-state index contributed by atoms with van der Waals surface area (Å²) in [6.45, 7) is 0. The van der Waals surface area contributed by atoms with Gasteiger partial charge in [0.1, 0.15) is 0 Å². The van der Waals surface area contributed by atoms with Crippen LogP contribution in [0.2, 0.25) is 0 Å². The van der Waals surface area contributed by atoms with Crippen molar-refractivity contribution in [2.75, 3.05) is 0 Å². The summed E-state index contributed by atoms with van der Waals surface area (Å²) in [5.74, 6) is 0.320. The van der Waals surface area contributed by atoms with E-state index in [0.29, 0.717) is 5.78 Å². The number of benzene rings is 4. The van der Waals surface area contributed by atoms with Crippen LogP contribution in [0.5, 0.6) is 0 Å². The third-order valence-corrected chi connectivity index (χ3v) is 7.41. The number of carbonyl (C=O) groups is 1. The van der Waals surface area contributed by atoms with Gasteiger partial charge in [0, 0.05) is 0 Å². The molecule has 2 atom stereocenters. The predicted octanol–water partition coefficient (Wildman–Crippen LogP) is 6.85. The number of ketones is 1. The fourth-order valence-electron chi connectivity index (χ4n) is 6.15. The smallest absolute Gasteiger partial charge is 0.162 e. The third kappa shape index (κ3) is 2.42. The lowest BCUT2D eigenvalue weighted by molar-refractivity contribution is -0.122. The highest BCUT2D eigenvalue weighted by Crippen LogP contribution is 2.68. The maximum absolute atomic E-state index is 14.7. The molecule has 0 aliphatic heterocycles. The number of allylic oxidation sites excluding steroid dienone is 2. The zero-order valence-corrected chi connectivity index (χ0v) is 17.9. The van der Waals surface area contributed by atoms with Gasteiger partial charge in [-0.3, -0.25) is 4.79 Å². The number of carbonyl (C=O) groups excluding carboxylic acids is 1. The van der Waals surface area contributed by atoms with Crippen LogP contribution < -0.4 is 0 Å². The van der Waals surface area contributed by atoms with Crippen LogP contribution >= 0.6 is 0 Å². The lowest BCUT2D eigenvalue weighted by Gasteiger charge is -2.33. The van der Waals surface area contributed by atoms with Crippen molar-refractivity contribution >= 4 is 16.9 Å². The largest absolute Gasteiger partial charge is 0.297 e. The molecule has 2 aliphatic carbocycles. The molecule has 32 heavy (non-hydrogen) atoms. The molecule has 0 radical (unpaired) electrons. The summed E-state index contributed by atoms with van der Waals surface area (Å²) < 4.78 is 0. The molecule has 1 heteroatoms. The molecular formula is C31H24O. The third-order valence-electron chi connectivity index (χ3n) is 7.41. The monoisotopic (exact) mass is 412 g/mol. The lowest BCUT2D eigenvalue weighted by atomic mass is 9.68. The summed E-state index contributed by atoms with van der Waals surface area (Å²) in [6, 6.07) is 41.9. The van der Waals surface area contributed by atoms with E-state index in [-0.39, 0.29) is 0 Å². The van der Waals surface area contributed by atoms with Gasteiger partial charge in [-0.2, -0.15) is 0 Å². The quantitative estimate of drug-likeness (QED) is 0.358. The van der Waals surface area contributed by atoms with Gasteiger partial charge in [-0.25, -0.2) is 0 Å². The fraction of sp³-hybridized carbons (Fsp3) is 0.129. The number of hydrogen-bond acceptors (Lipinski definition) is 1. The van der Waals surface area contributed by atoms with E-state index in [4.69, 9.17) is 0 Å². The maximum Gasteiger partial charge on any atom is 0.162 e. The van der Waals surface area contributed by atoms with Crippen molar-refractivity contribution in [3.8, 4) is 0 Å². The average Bonchev–Trinajstić information content (AvgIpc) is 3.31. The summed E-state index contributed by atoms with van der Waals surface area (Å²) in [5.41, 5.74) is 5.57. The average molecular weight is 413 g/mol. The Morgan fingerprint density at radius 3 is 1.09 bits per heavy atom. The first-order chi connectivity index (χ1) is 15.8. The summed E-state index contributed by atoms with van der Waals surface area (Å²) in [6.07, 6.45) is 1.65. The zero-order valence-electron chi connectivity index (χ0n) is 17.9. The summed E-state index contributed by atoms with van der Waals surface area (Å²) in [5, 5.41) is 0. The van der Waals surface area contributed by atoms with Crippen LogP contribution in [0.3, 0.4) is 0 Å². The Kier molecular flexibility index (Phi) is 4.26. The predicted molar refractivity (Wildman–Crippen MR) is 130 cm³/mol. The minimum absolute atomic E-state index is 0.320. The molecule has 4 aromatic rings. The maximum atomic E-state index is 14.7. The van der Waals surface area contributed by atoms with Crippen molar-refractivity contribution in [3.05, 3.63) is 144 Å². The number of Topliss-reactive ketones (excluding diaryl/α,β-unsaturated/α-hetero) is 1. The minimum Gasteiger partial charge on any atom is -0.297 e. The van der Waals surface area contributed by atoms with Crippen LogP contribution in [0, 0.1) is 0 Å². The first-order valence-corrected chi connectivity index (χ1v) is 11.3. The molecule has 0 unspecified atom stereocenters.